The van der Waals surface area contributed by atoms with Crippen molar-refractivity contribution in [3.05, 3.63) is 34.9 Å². The summed E-state index contributed by atoms with van der Waals surface area (Å²) in [6, 6.07) is 3.84. The van der Waals surface area contributed by atoms with E-state index in [9.17, 15) is 8.78 Å². The highest BCUT2D eigenvalue weighted by atomic mass is 79.9. The molecule has 0 saturated carbocycles. The van der Waals surface area contributed by atoms with Gasteiger partial charge in [-0.1, -0.05) is 17.9 Å². The lowest BCUT2D eigenvalue weighted by Crippen LogP contribution is -2.03. The molecule has 0 atom stereocenters. The zero-order valence-corrected chi connectivity index (χ0v) is 8.61. The van der Waals surface area contributed by atoms with Crippen LogP contribution in [0.1, 0.15) is 16.7 Å². The van der Waals surface area contributed by atoms with Gasteiger partial charge in [0.1, 0.15) is 0 Å². The third kappa shape index (κ3) is 2.13. The van der Waals surface area contributed by atoms with Crippen molar-refractivity contribution < 1.29 is 8.78 Å². The van der Waals surface area contributed by atoms with Crippen LogP contribution in [0.15, 0.2) is 18.2 Å². The number of hydrogen-bond donors (Lipinski definition) is 0. The van der Waals surface area contributed by atoms with Crippen LogP contribution in [0.25, 0.3) is 0 Å². The summed E-state index contributed by atoms with van der Waals surface area (Å²) in [4.78, 5) is -3.08. The quantitative estimate of drug-likeness (QED) is 0.534. The minimum Gasteiger partial charge on any atom is -0.188 e. The second-order valence-corrected chi connectivity index (χ2v) is 3.54. The first-order valence-electron chi connectivity index (χ1n) is 3.63. The number of benzene rings is 1. The largest absolute Gasteiger partial charge is 0.326 e. The van der Waals surface area contributed by atoms with E-state index in [0.29, 0.717) is 11.1 Å². The Kier molecular flexibility index (Phi) is 2.93. The summed E-state index contributed by atoms with van der Waals surface area (Å²) in [6.45, 7) is 0. The fourth-order valence-corrected chi connectivity index (χ4v) is 1.21. The first kappa shape index (κ1) is 10.8. The van der Waals surface area contributed by atoms with Gasteiger partial charge in [0.15, 0.2) is 0 Å². The Morgan fingerprint density at radius 2 is 1.71 bits per heavy atom. The van der Waals surface area contributed by atoms with Gasteiger partial charge in [0, 0.05) is 16.7 Å². The van der Waals surface area contributed by atoms with Crippen LogP contribution in [0.4, 0.5) is 8.78 Å². The number of rotatable bonds is 1. The molecule has 0 aliphatic carbocycles. The van der Waals surface area contributed by atoms with Gasteiger partial charge in [-0.2, -0.15) is 8.78 Å². The van der Waals surface area contributed by atoms with Crippen LogP contribution in [-0.4, -0.2) is 0 Å². The smallest absolute Gasteiger partial charge is 0.188 e. The molecule has 0 amide bonds. The fourth-order valence-electron chi connectivity index (χ4n) is 0.966. The second-order valence-electron chi connectivity index (χ2n) is 2.55. The van der Waals surface area contributed by atoms with E-state index in [1.54, 1.807) is 0 Å². The summed E-state index contributed by atoms with van der Waals surface area (Å²) in [7, 11) is 0. The predicted octanol–water partition coefficient (Wildman–Crippen LogP) is 3.09. The molecule has 0 fully saturated rings. The Hall–Kier alpha value is -1.32. The summed E-state index contributed by atoms with van der Waals surface area (Å²) in [6.07, 6.45) is 10.3. The van der Waals surface area contributed by atoms with Crippen LogP contribution in [-0.2, 0) is 4.83 Å². The van der Waals surface area contributed by atoms with Crippen molar-refractivity contribution in [3.63, 3.8) is 0 Å². The molecule has 0 saturated heterocycles. The molecule has 1 rings (SSSR count). The lowest BCUT2D eigenvalue weighted by atomic mass is 10.1. The van der Waals surface area contributed by atoms with E-state index >= 15 is 0 Å². The van der Waals surface area contributed by atoms with E-state index in [-0.39, 0.29) is 5.56 Å². The Morgan fingerprint density at radius 1 is 1.14 bits per heavy atom. The normalized spacial score (nSPS) is 10.4. The van der Waals surface area contributed by atoms with Gasteiger partial charge in [-0.05, 0) is 28.1 Å². The molecule has 0 aliphatic heterocycles. The number of halogens is 3. The highest BCUT2D eigenvalue weighted by Crippen LogP contribution is 2.35. The van der Waals surface area contributed by atoms with Gasteiger partial charge in [-0.25, -0.2) is 0 Å². The predicted molar refractivity (Wildman–Crippen MR) is 55.1 cm³/mol. The van der Waals surface area contributed by atoms with Crippen LogP contribution in [0.3, 0.4) is 0 Å². The van der Waals surface area contributed by atoms with E-state index < -0.39 is 4.83 Å². The molecule has 0 spiro atoms. The zero-order valence-electron chi connectivity index (χ0n) is 7.02. The highest BCUT2D eigenvalue weighted by molar-refractivity contribution is 9.09. The second kappa shape index (κ2) is 3.82. The third-order valence-corrected chi connectivity index (χ3v) is 2.12. The number of alkyl halides is 3. The summed E-state index contributed by atoms with van der Waals surface area (Å²) in [5.41, 5.74) is 0.529. The zero-order chi connectivity index (χ0) is 10.8. The van der Waals surface area contributed by atoms with Crippen molar-refractivity contribution in [3.8, 4) is 24.7 Å². The summed E-state index contributed by atoms with van der Waals surface area (Å²) in [5, 5.41) is 0. The molecule has 14 heavy (non-hydrogen) atoms. The van der Waals surface area contributed by atoms with Gasteiger partial charge in [0.2, 0.25) is 0 Å². The molecule has 1 aromatic carbocycles. The molecule has 0 bridgehead atoms. The van der Waals surface area contributed by atoms with Gasteiger partial charge in [-0.3, -0.25) is 0 Å². The Labute approximate surface area is 89.5 Å². The van der Waals surface area contributed by atoms with Gasteiger partial charge < -0.3 is 0 Å². The summed E-state index contributed by atoms with van der Waals surface area (Å²) >= 11 is 2.24. The summed E-state index contributed by atoms with van der Waals surface area (Å²) in [5.74, 6) is 4.58. The van der Waals surface area contributed by atoms with E-state index in [2.05, 4.69) is 27.8 Å². The molecular weight excluding hydrogens is 250 g/mol. The van der Waals surface area contributed by atoms with Gasteiger partial charge in [0.25, 0.3) is 0 Å². The van der Waals surface area contributed by atoms with Crippen molar-refractivity contribution in [1.82, 2.24) is 0 Å². The monoisotopic (exact) mass is 254 g/mol. The van der Waals surface area contributed by atoms with E-state index in [0.717, 1.165) is 0 Å². The topological polar surface area (TPSA) is 0 Å². The van der Waals surface area contributed by atoms with E-state index in [1.807, 2.05) is 0 Å². The van der Waals surface area contributed by atoms with Crippen LogP contribution < -0.4 is 0 Å². The molecule has 0 radical (unpaired) electrons. The van der Waals surface area contributed by atoms with Crippen LogP contribution in [0, 0.1) is 24.7 Å². The maximum atomic E-state index is 12.8. The lowest BCUT2D eigenvalue weighted by Gasteiger charge is -2.09. The molecule has 3 heteroatoms. The SMILES string of the molecule is C#Cc1ccc(C(F)(F)Br)cc1C#C. The molecule has 0 N–H and O–H groups in total. The first-order valence-corrected chi connectivity index (χ1v) is 4.43. The lowest BCUT2D eigenvalue weighted by molar-refractivity contribution is 0.114. The van der Waals surface area contributed by atoms with Gasteiger partial charge in [0.05, 0.1) is 0 Å². The molecule has 0 aromatic heterocycles. The van der Waals surface area contributed by atoms with Crippen molar-refractivity contribution >= 4 is 15.9 Å². The number of hydrogen-bond acceptors (Lipinski definition) is 0. The third-order valence-electron chi connectivity index (χ3n) is 1.66. The van der Waals surface area contributed by atoms with Crippen LogP contribution in [0.2, 0.25) is 0 Å². The Bertz CT molecular complexity index is 430. The van der Waals surface area contributed by atoms with Crippen molar-refractivity contribution in [2.45, 2.75) is 4.83 Å². The average molecular weight is 255 g/mol. The first-order chi connectivity index (χ1) is 6.49. The standard InChI is InChI=1S/C11H5BrF2/c1-3-8-5-6-10(11(12,13)14)7-9(8)4-2/h1-2,5-7H. The van der Waals surface area contributed by atoms with Crippen LogP contribution in [0.5, 0.6) is 0 Å². The van der Waals surface area contributed by atoms with E-state index in [1.165, 1.54) is 18.2 Å². The molecule has 0 unspecified atom stereocenters. The Morgan fingerprint density at radius 3 is 2.14 bits per heavy atom. The maximum Gasteiger partial charge on any atom is 0.326 e. The molecule has 0 aliphatic rings. The molecule has 0 nitrogen and oxygen atoms in total. The minimum absolute atomic E-state index is 0.204. The molecule has 0 heterocycles. The van der Waals surface area contributed by atoms with Crippen molar-refractivity contribution in [2.24, 2.45) is 0 Å². The van der Waals surface area contributed by atoms with Crippen molar-refractivity contribution in [2.75, 3.05) is 0 Å². The fraction of sp³-hybridized carbons (Fsp3) is 0.0909. The number of terminal acetylenes is 2. The molecule has 70 valence electrons. The summed E-state index contributed by atoms with van der Waals surface area (Å²) < 4.78 is 25.6. The van der Waals surface area contributed by atoms with E-state index in [4.69, 9.17) is 12.8 Å². The average Bonchev–Trinajstić information content (AvgIpc) is 2.15. The van der Waals surface area contributed by atoms with Crippen molar-refractivity contribution in [1.29, 1.82) is 0 Å². The molecule has 1 aromatic rings. The van der Waals surface area contributed by atoms with Crippen LogP contribution >= 0.6 is 15.9 Å². The maximum absolute atomic E-state index is 12.8. The minimum atomic E-state index is -3.08. The van der Waals surface area contributed by atoms with Gasteiger partial charge in [-0.15, -0.1) is 12.8 Å². The van der Waals surface area contributed by atoms with Gasteiger partial charge >= 0.3 is 4.83 Å². The molecular formula is C11H5BrF2. The Balaban J connectivity index is 3.32. The highest BCUT2D eigenvalue weighted by Gasteiger charge is 2.27.